The lowest BCUT2D eigenvalue weighted by atomic mass is 10.1. The van der Waals surface area contributed by atoms with E-state index in [2.05, 4.69) is 5.32 Å². The largest absolute Gasteiger partial charge is 0.393 e. The molecule has 0 fully saturated rings. The molecule has 0 unspecified atom stereocenters. The fraction of sp³-hybridized carbons (Fsp3) is 0.300. The molecule has 20 heavy (non-hydrogen) atoms. The Balaban J connectivity index is 2.74. The highest BCUT2D eigenvalue weighted by atomic mass is 32.2. The van der Waals surface area contributed by atoms with E-state index in [1.807, 2.05) is 0 Å². The van der Waals surface area contributed by atoms with Crippen molar-refractivity contribution in [3.63, 3.8) is 0 Å². The summed E-state index contributed by atoms with van der Waals surface area (Å²) in [6.45, 7) is 0.0290. The molecule has 0 heterocycles. The summed E-state index contributed by atoms with van der Waals surface area (Å²) < 4.78 is 21.4. The number of para-hydroxylation sites is 1. The summed E-state index contributed by atoms with van der Waals surface area (Å²) in [6.07, 6.45) is 0.112. The van der Waals surface area contributed by atoms with Crippen molar-refractivity contribution < 1.29 is 18.1 Å². The number of nitro groups is 1. The molecule has 0 aliphatic heterocycles. The number of sulfonamides is 1. The van der Waals surface area contributed by atoms with Crippen LogP contribution in [0.3, 0.4) is 0 Å². The number of nitrogens with two attached hydrogens (primary N) is 2. The Bertz CT molecular complexity index is 629. The van der Waals surface area contributed by atoms with Crippen LogP contribution in [0.2, 0.25) is 0 Å². The van der Waals surface area contributed by atoms with Gasteiger partial charge in [-0.15, -0.1) is 0 Å². The molecule has 110 valence electrons. The van der Waals surface area contributed by atoms with Crippen molar-refractivity contribution in [2.45, 2.75) is 6.42 Å². The van der Waals surface area contributed by atoms with E-state index in [4.69, 9.17) is 10.9 Å². The minimum Gasteiger partial charge on any atom is -0.393 e. The average Bonchev–Trinajstić information content (AvgIpc) is 2.32. The molecule has 9 nitrogen and oxygen atoms in total. The maximum Gasteiger partial charge on any atom is 0.304 e. The number of hydrogen-bond acceptors (Lipinski definition) is 6. The van der Waals surface area contributed by atoms with E-state index >= 15 is 0 Å². The number of anilines is 1. The van der Waals surface area contributed by atoms with Gasteiger partial charge in [-0.05, 0) is 18.6 Å². The molecule has 5 N–H and O–H groups in total. The molecule has 1 amide bonds. The van der Waals surface area contributed by atoms with Crippen LogP contribution in [0.25, 0.3) is 0 Å². The summed E-state index contributed by atoms with van der Waals surface area (Å²) in [5, 5.41) is 18.0. The molecule has 1 aromatic carbocycles. The monoisotopic (exact) mass is 302 g/mol. The zero-order chi connectivity index (χ0) is 15.3. The van der Waals surface area contributed by atoms with Gasteiger partial charge in [-0.1, -0.05) is 6.07 Å². The molecule has 0 aliphatic carbocycles. The van der Waals surface area contributed by atoms with Crippen molar-refractivity contribution in [2.24, 2.45) is 5.14 Å². The number of rotatable bonds is 6. The van der Waals surface area contributed by atoms with E-state index in [1.54, 1.807) is 0 Å². The number of nitrogens with one attached hydrogen (secondary N) is 1. The maximum absolute atomic E-state index is 11.8. The quantitative estimate of drug-likeness (QED) is 0.280. The topological polar surface area (TPSA) is 158 Å². The molecule has 0 spiro atoms. The number of primary sulfonamides is 1. The second-order valence-electron chi connectivity index (χ2n) is 3.98. The van der Waals surface area contributed by atoms with Crippen LogP contribution in [0.4, 0.5) is 11.4 Å². The Hall–Kier alpha value is -2.20. The predicted molar refractivity (Wildman–Crippen MR) is 72.4 cm³/mol. The van der Waals surface area contributed by atoms with Gasteiger partial charge < -0.3 is 11.1 Å². The number of benzene rings is 1. The van der Waals surface area contributed by atoms with E-state index < -0.39 is 26.5 Å². The summed E-state index contributed by atoms with van der Waals surface area (Å²) in [5.41, 5.74) is 4.69. The first-order valence-corrected chi connectivity index (χ1v) is 7.25. The second kappa shape index (κ2) is 6.30. The summed E-state index contributed by atoms with van der Waals surface area (Å²) in [4.78, 5) is 21.9. The molecule has 0 saturated heterocycles. The van der Waals surface area contributed by atoms with Crippen molar-refractivity contribution in [3.8, 4) is 0 Å². The molecule has 0 aliphatic rings. The van der Waals surface area contributed by atoms with Crippen LogP contribution in [-0.4, -0.2) is 31.5 Å². The molecule has 1 rings (SSSR count). The van der Waals surface area contributed by atoms with Crippen LogP contribution in [0.5, 0.6) is 0 Å². The number of nitrogens with zero attached hydrogens (tertiary/aromatic N) is 1. The zero-order valence-electron chi connectivity index (χ0n) is 10.4. The first-order chi connectivity index (χ1) is 9.22. The number of nitro benzene ring substituents is 1. The van der Waals surface area contributed by atoms with Crippen LogP contribution in [-0.2, 0) is 10.0 Å². The van der Waals surface area contributed by atoms with Crippen LogP contribution < -0.4 is 16.2 Å². The third kappa shape index (κ3) is 4.48. The van der Waals surface area contributed by atoms with E-state index in [9.17, 15) is 23.3 Å². The van der Waals surface area contributed by atoms with Gasteiger partial charge in [0.15, 0.2) is 0 Å². The maximum atomic E-state index is 11.8. The molecule has 0 aromatic heterocycles. The third-order valence-corrected chi connectivity index (χ3v) is 3.24. The van der Waals surface area contributed by atoms with Crippen LogP contribution in [0, 0.1) is 10.1 Å². The average molecular weight is 302 g/mol. The minimum absolute atomic E-state index is 0.0290. The molecule has 10 heteroatoms. The first-order valence-electron chi connectivity index (χ1n) is 5.54. The number of hydrogen-bond donors (Lipinski definition) is 3. The second-order valence-corrected chi connectivity index (χ2v) is 5.71. The Morgan fingerprint density at radius 3 is 2.60 bits per heavy atom. The van der Waals surface area contributed by atoms with Crippen molar-refractivity contribution in [1.82, 2.24) is 5.32 Å². The Morgan fingerprint density at radius 1 is 1.40 bits per heavy atom. The van der Waals surface area contributed by atoms with Crippen molar-refractivity contribution >= 4 is 27.3 Å². The highest BCUT2D eigenvalue weighted by Crippen LogP contribution is 2.25. The number of amides is 1. The third-order valence-electron chi connectivity index (χ3n) is 2.39. The van der Waals surface area contributed by atoms with Gasteiger partial charge in [-0.2, -0.15) is 0 Å². The molecular formula is C10H14N4O5S. The number of carbonyl (C=O) groups is 1. The minimum atomic E-state index is -3.59. The van der Waals surface area contributed by atoms with Gasteiger partial charge in [0.05, 0.1) is 10.7 Å². The van der Waals surface area contributed by atoms with Crippen LogP contribution in [0.1, 0.15) is 16.8 Å². The van der Waals surface area contributed by atoms with Gasteiger partial charge in [0.25, 0.3) is 5.91 Å². The SMILES string of the molecule is Nc1cccc(C(=O)NCCCS(N)(=O)=O)c1[N+](=O)[O-]. The van der Waals surface area contributed by atoms with E-state index in [0.29, 0.717) is 0 Å². The Kier molecular flexibility index (Phi) is 5.00. The summed E-state index contributed by atoms with van der Waals surface area (Å²) in [6, 6.07) is 4.00. The molecule has 0 bridgehead atoms. The first kappa shape index (κ1) is 15.9. The van der Waals surface area contributed by atoms with Gasteiger partial charge in [0.2, 0.25) is 10.0 Å². The molecule has 0 atom stereocenters. The van der Waals surface area contributed by atoms with Gasteiger partial charge in [0, 0.05) is 6.54 Å². The van der Waals surface area contributed by atoms with Gasteiger partial charge >= 0.3 is 5.69 Å². The summed E-state index contributed by atoms with van der Waals surface area (Å²) in [7, 11) is -3.59. The molecular weight excluding hydrogens is 288 g/mol. The highest BCUT2D eigenvalue weighted by molar-refractivity contribution is 7.89. The lowest BCUT2D eigenvalue weighted by molar-refractivity contribution is -0.384. The lowest BCUT2D eigenvalue weighted by Crippen LogP contribution is -2.28. The van der Waals surface area contributed by atoms with Crippen LogP contribution in [0.15, 0.2) is 18.2 Å². The molecule has 0 saturated carbocycles. The fourth-order valence-corrected chi connectivity index (χ4v) is 2.07. The number of carbonyl (C=O) groups excluding carboxylic acids is 1. The standard InChI is InChI=1S/C10H14N4O5S/c11-8-4-1-3-7(9(8)14(16)17)10(15)13-5-2-6-20(12,18)19/h1,3-4H,2,5-6,11H2,(H,13,15)(H2,12,18,19). The smallest absolute Gasteiger partial charge is 0.304 e. The number of nitrogen functional groups attached to an aromatic ring is 1. The van der Waals surface area contributed by atoms with Crippen molar-refractivity contribution in [3.05, 3.63) is 33.9 Å². The molecule has 1 aromatic rings. The summed E-state index contributed by atoms with van der Waals surface area (Å²) in [5.74, 6) is -0.981. The normalized spacial score (nSPS) is 11.1. The fourth-order valence-electron chi connectivity index (χ4n) is 1.52. The van der Waals surface area contributed by atoms with Crippen molar-refractivity contribution in [2.75, 3.05) is 18.0 Å². The van der Waals surface area contributed by atoms with E-state index in [1.165, 1.54) is 18.2 Å². The highest BCUT2D eigenvalue weighted by Gasteiger charge is 2.22. The lowest BCUT2D eigenvalue weighted by Gasteiger charge is -2.06. The van der Waals surface area contributed by atoms with Crippen LogP contribution >= 0.6 is 0 Å². The molecule has 0 radical (unpaired) electrons. The van der Waals surface area contributed by atoms with Gasteiger partial charge in [0.1, 0.15) is 11.3 Å². The predicted octanol–water partition coefficient (Wildman–Crippen LogP) is -0.415. The zero-order valence-corrected chi connectivity index (χ0v) is 11.2. The van der Waals surface area contributed by atoms with E-state index in [0.717, 1.165) is 0 Å². The van der Waals surface area contributed by atoms with Gasteiger partial charge in [-0.25, -0.2) is 13.6 Å². The Morgan fingerprint density at radius 2 is 2.05 bits per heavy atom. The Labute approximate surface area is 115 Å². The summed E-state index contributed by atoms with van der Waals surface area (Å²) >= 11 is 0. The van der Waals surface area contributed by atoms with Crippen molar-refractivity contribution in [1.29, 1.82) is 0 Å². The van der Waals surface area contributed by atoms with Gasteiger partial charge in [-0.3, -0.25) is 14.9 Å². The van der Waals surface area contributed by atoms with E-state index in [-0.39, 0.29) is 30.0 Å².